The molecule has 2 heterocycles. The highest BCUT2D eigenvalue weighted by atomic mass is 32.2. The average molecular weight is 391 g/mol. The second kappa shape index (κ2) is 8.24. The van der Waals surface area contributed by atoms with Gasteiger partial charge in [0.25, 0.3) is 5.91 Å². The summed E-state index contributed by atoms with van der Waals surface area (Å²) in [5.41, 5.74) is 1.06. The van der Waals surface area contributed by atoms with E-state index in [0.717, 1.165) is 19.3 Å². The smallest absolute Gasteiger partial charge is 0.251 e. The van der Waals surface area contributed by atoms with Gasteiger partial charge in [-0.25, -0.2) is 8.42 Å². The molecule has 0 aliphatic carbocycles. The standard InChI is InChI=1S/C19H25N3O4S/c1-21-11-5-6-17(21)18(23)14-20-19(24)15-7-9-16(10-8-15)27(25,26)22-12-3-2-4-13-22/h5-11,18,23H,2-4,12-14H2,1H3,(H,20,24). The molecule has 1 aromatic heterocycles. The van der Waals surface area contributed by atoms with Gasteiger partial charge >= 0.3 is 0 Å². The zero-order chi connectivity index (χ0) is 19.4. The number of hydrogen-bond acceptors (Lipinski definition) is 4. The van der Waals surface area contributed by atoms with Crippen molar-refractivity contribution in [1.82, 2.24) is 14.2 Å². The molecule has 146 valence electrons. The van der Waals surface area contributed by atoms with Crippen molar-refractivity contribution in [1.29, 1.82) is 0 Å². The molecule has 1 amide bonds. The Morgan fingerprint density at radius 2 is 1.81 bits per heavy atom. The number of piperidine rings is 1. The quantitative estimate of drug-likeness (QED) is 0.783. The van der Waals surface area contributed by atoms with Gasteiger partial charge in [0.2, 0.25) is 10.0 Å². The molecule has 0 spiro atoms. The number of aryl methyl sites for hydroxylation is 1. The molecule has 1 aliphatic rings. The highest BCUT2D eigenvalue weighted by Crippen LogP contribution is 2.21. The van der Waals surface area contributed by atoms with Gasteiger partial charge in [0.15, 0.2) is 0 Å². The van der Waals surface area contributed by atoms with E-state index in [0.29, 0.717) is 24.3 Å². The predicted molar refractivity (Wildman–Crippen MR) is 102 cm³/mol. The van der Waals surface area contributed by atoms with Crippen LogP contribution in [-0.2, 0) is 17.1 Å². The van der Waals surface area contributed by atoms with Gasteiger partial charge in [-0.3, -0.25) is 4.79 Å². The molecule has 1 unspecified atom stereocenters. The fraction of sp³-hybridized carbons (Fsp3) is 0.421. The summed E-state index contributed by atoms with van der Waals surface area (Å²) >= 11 is 0. The van der Waals surface area contributed by atoms with Crippen molar-refractivity contribution in [3.8, 4) is 0 Å². The highest BCUT2D eigenvalue weighted by molar-refractivity contribution is 7.89. The lowest BCUT2D eigenvalue weighted by Crippen LogP contribution is -2.35. The van der Waals surface area contributed by atoms with E-state index in [-0.39, 0.29) is 17.3 Å². The van der Waals surface area contributed by atoms with Crippen molar-refractivity contribution in [3.05, 3.63) is 53.9 Å². The van der Waals surface area contributed by atoms with E-state index in [1.54, 1.807) is 10.6 Å². The molecule has 2 aromatic rings. The maximum Gasteiger partial charge on any atom is 0.251 e. The Kier molecular flexibility index (Phi) is 5.98. The molecular formula is C19H25N3O4S. The first kappa shape index (κ1) is 19.6. The molecule has 27 heavy (non-hydrogen) atoms. The Hall–Kier alpha value is -2.16. The summed E-state index contributed by atoms with van der Waals surface area (Å²) in [6.45, 7) is 1.16. The number of benzene rings is 1. The number of nitrogens with zero attached hydrogens (tertiary/aromatic N) is 2. The first-order valence-corrected chi connectivity index (χ1v) is 10.5. The molecule has 1 saturated heterocycles. The number of aliphatic hydroxyl groups excluding tert-OH is 1. The number of carbonyl (C=O) groups excluding carboxylic acids is 1. The Balaban J connectivity index is 1.62. The van der Waals surface area contributed by atoms with Crippen molar-refractivity contribution in [2.45, 2.75) is 30.3 Å². The van der Waals surface area contributed by atoms with Crippen LogP contribution in [-0.4, -0.2) is 47.9 Å². The van der Waals surface area contributed by atoms with Gasteiger partial charge in [-0.05, 0) is 49.2 Å². The second-order valence-corrected chi connectivity index (χ2v) is 8.70. The Bertz CT molecular complexity index is 884. The van der Waals surface area contributed by atoms with E-state index in [4.69, 9.17) is 0 Å². The van der Waals surface area contributed by atoms with Crippen molar-refractivity contribution >= 4 is 15.9 Å². The minimum Gasteiger partial charge on any atom is -0.385 e. The van der Waals surface area contributed by atoms with Crippen molar-refractivity contribution in [2.24, 2.45) is 7.05 Å². The fourth-order valence-corrected chi connectivity index (χ4v) is 4.77. The van der Waals surface area contributed by atoms with Crippen LogP contribution in [0.1, 0.15) is 41.4 Å². The normalized spacial score (nSPS) is 16.8. The minimum absolute atomic E-state index is 0.0739. The van der Waals surface area contributed by atoms with Crippen molar-refractivity contribution in [3.63, 3.8) is 0 Å². The van der Waals surface area contributed by atoms with Crippen LogP contribution >= 0.6 is 0 Å². The van der Waals surface area contributed by atoms with Crippen LogP contribution in [0.2, 0.25) is 0 Å². The van der Waals surface area contributed by atoms with E-state index >= 15 is 0 Å². The number of sulfonamides is 1. The second-order valence-electron chi connectivity index (χ2n) is 6.76. The minimum atomic E-state index is -3.51. The Morgan fingerprint density at radius 3 is 2.41 bits per heavy atom. The molecule has 8 heteroatoms. The van der Waals surface area contributed by atoms with Crippen LogP contribution in [0.25, 0.3) is 0 Å². The van der Waals surface area contributed by atoms with Crippen LogP contribution in [0.4, 0.5) is 0 Å². The van der Waals surface area contributed by atoms with E-state index in [9.17, 15) is 18.3 Å². The number of aromatic nitrogens is 1. The summed E-state index contributed by atoms with van der Waals surface area (Å²) in [5, 5.41) is 12.8. The first-order valence-electron chi connectivity index (χ1n) is 9.07. The summed E-state index contributed by atoms with van der Waals surface area (Å²) in [7, 11) is -1.68. The summed E-state index contributed by atoms with van der Waals surface area (Å²) in [6.07, 6.45) is 3.82. The van der Waals surface area contributed by atoms with Crippen LogP contribution < -0.4 is 5.32 Å². The zero-order valence-electron chi connectivity index (χ0n) is 15.3. The van der Waals surface area contributed by atoms with Gasteiger partial charge in [0.1, 0.15) is 6.10 Å². The lowest BCUT2D eigenvalue weighted by atomic mass is 10.2. The molecule has 3 rings (SSSR count). The lowest BCUT2D eigenvalue weighted by molar-refractivity contribution is 0.0912. The third-order valence-electron chi connectivity index (χ3n) is 4.85. The van der Waals surface area contributed by atoms with Gasteiger partial charge in [-0.2, -0.15) is 4.31 Å². The summed E-state index contributed by atoms with van der Waals surface area (Å²) in [6, 6.07) is 9.54. The van der Waals surface area contributed by atoms with Crippen LogP contribution in [0.5, 0.6) is 0 Å². The predicted octanol–water partition coefficient (Wildman–Crippen LogP) is 1.66. The monoisotopic (exact) mass is 391 g/mol. The number of hydrogen-bond donors (Lipinski definition) is 2. The average Bonchev–Trinajstić information content (AvgIpc) is 3.12. The van der Waals surface area contributed by atoms with Gasteiger partial charge in [0, 0.05) is 44.1 Å². The van der Waals surface area contributed by atoms with Crippen molar-refractivity contribution < 1.29 is 18.3 Å². The molecule has 0 radical (unpaired) electrons. The molecule has 1 fully saturated rings. The Morgan fingerprint density at radius 1 is 1.15 bits per heavy atom. The van der Waals surface area contributed by atoms with E-state index in [2.05, 4.69) is 5.32 Å². The summed E-state index contributed by atoms with van der Waals surface area (Å²) < 4.78 is 28.6. The fourth-order valence-electron chi connectivity index (χ4n) is 3.25. The van der Waals surface area contributed by atoms with Crippen LogP contribution in [0, 0.1) is 0 Å². The molecule has 1 aromatic carbocycles. The van der Waals surface area contributed by atoms with Crippen molar-refractivity contribution in [2.75, 3.05) is 19.6 Å². The van der Waals surface area contributed by atoms with Gasteiger partial charge in [0.05, 0.1) is 4.90 Å². The summed E-state index contributed by atoms with van der Waals surface area (Å²) in [5.74, 6) is -0.356. The number of aliphatic hydroxyl groups is 1. The van der Waals surface area contributed by atoms with Gasteiger partial charge in [-0.1, -0.05) is 6.42 Å². The number of rotatable bonds is 6. The summed E-state index contributed by atoms with van der Waals surface area (Å²) in [4.78, 5) is 12.5. The van der Waals surface area contributed by atoms with Gasteiger partial charge < -0.3 is 15.0 Å². The van der Waals surface area contributed by atoms with Gasteiger partial charge in [-0.15, -0.1) is 0 Å². The molecular weight excluding hydrogens is 366 g/mol. The maximum atomic E-state index is 12.6. The largest absolute Gasteiger partial charge is 0.385 e. The zero-order valence-corrected chi connectivity index (χ0v) is 16.2. The van der Waals surface area contributed by atoms with E-state index in [1.807, 2.05) is 19.3 Å². The molecule has 7 nitrogen and oxygen atoms in total. The van der Waals surface area contributed by atoms with Crippen LogP contribution in [0.15, 0.2) is 47.5 Å². The molecule has 1 atom stereocenters. The number of nitrogens with one attached hydrogen (secondary N) is 1. The maximum absolute atomic E-state index is 12.6. The topological polar surface area (TPSA) is 91.6 Å². The number of amides is 1. The van der Waals surface area contributed by atoms with E-state index in [1.165, 1.54) is 28.6 Å². The third-order valence-corrected chi connectivity index (χ3v) is 6.76. The van der Waals surface area contributed by atoms with E-state index < -0.39 is 16.1 Å². The Labute approximate surface area is 159 Å². The third kappa shape index (κ3) is 4.40. The lowest BCUT2D eigenvalue weighted by Gasteiger charge is -2.25. The molecule has 1 aliphatic heterocycles. The molecule has 2 N–H and O–H groups in total. The molecule has 0 saturated carbocycles. The first-order chi connectivity index (χ1) is 12.9. The highest BCUT2D eigenvalue weighted by Gasteiger charge is 2.26. The van der Waals surface area contributed by atoms with Crippen LogP contribution in [0.3, 0.4) is 0 Å². The molecule has 0 bridgehead atoms. The number of carbonyl (C=O) groups is 1. The SMILES string of the molecule is Cn1cccc1C(O)CNC(=O)c1ccc(S(=O)(=O)N2CCCCC2)cc1.